The molecule has 0 spiro atoms. The molecule has 4 heterocycles. The number of hydrogen-bond donors (Lipinski definition) is 4. The number of nitrogens with one attached hydrogen (secondary N) is 3. The van der Waals surface area contributed by atoms with Crippen LogP contribution in [0, 0.1) is 0 Å². The Hall–Kier alpha value is -3.93. The molecule has 11 nitrogen and oxygen atoms in total. The summed E-state index contributed by atoms with van der Waals surface area (Å²) in [6, 6.07) is 17.9. The van der Waals surface area contributed by atoms with Gasteiger partial charge in [0.15, 0.2) is 0 Å². The number of aromatic nitrogens is 2. The van der Waals surface area contributed by atoms with Crippen LogP contribution >= 0.6 is 0 Å². The molecule has 1 amide bonds. The van der Waals surface area contributed by atoms with E-state index in [1.54, 1.807) is 18.3 Å². The zero-order chi connectivity index (χ0) is 28.4. The van der Waals surface area contributed by atoms with Crippen LogP contribution < -0.4 is 36.4 Å². The molecule has 5 N–H and O–H groups in total. The number of nitrogens with zero attached hydrogens (tertiary/aromatic N) is 6. The van der Waals surface area contributed by atoms with E-state index < -0.39 is 5.91 Å². The number of piperazine rings is 3. The molecule has 2 aromatic carbocycles. The molecule has 3 aliphatic heterocycles. The molecule has 1 aromatic heterocycles. The second-order valence-corrected chi connectivity index (χ2v) is 10.6. The van der Waals surface area contributed by atoms with Crippen molar-refractivity contribution in [3.05, 3.63) is 66.4 Å². The SMILES string of the molecule is C1CNCCN1.CN1CCN(c2ccc(Nc3nccc(N4CCN(c5ccc(C(N)=O)cc5)CC4)n3)cc2)CC1. The van der Waals surface area contributed by atoms with Crippen LogP contribution in [0.3, 0.4) is 0 Å². The first-order valence-electron chi connectivity index (χ1n) is 14.5. The van der Waals surface area contributed by atoms with E-state index in [1.165, 1.54) is 5.69 Å². The molecular formula is C30H42N10O. The van der Waals surface area contributed by atoms with Gasteiger partial charge >= 0.3 is 0 Å². The number of hydrogen-bond acceptors (Lipinski definition) is 10. The first-order chi connectivity index (χ1) is 20.0. The average molecular weight is 559 g/mol. The van der Waals surface area contributed by atoms with E-state index in [9.17, 15) is 4.79 Å². The average Bonchev–Trinajstić information content (AvgIpc) is 3.03. The molecule has 0 radical (unpaired) electrons. The molecule has 3 aliphatic rings. The third-order valence-corrected chi connectivity index (χ3v) is 7.71. The number of nitrogens with two attached hydrogens (primary N) is 1. The summed E-state index contributed by atoms with van der Waals surface area (Å²) in [5, 5.41) is 9.79. The number of amides is 1. The van der Waals surface area contributed by atoms with Crippen LogP contribution in [0.1, 0.15) is 10.4 Å². The van der Waals surface area contributed by atoms with Crippen LogP contribution in [0.5, 0.6) is 0 Å². The molecule has 6 rings (SSSR count). The van der Waals surface area contributed by atoms with Crippen LogP contribution in [-0.4, -0.2) is 106 Å². The van der Waals surface area contributed by atoms with Gasteiger partial charge in [-0.05, 0) is 61.6 Å². The summed E-state index contributed by atoms with van der Waals surface area (Å²) >= 11 is 0. The monoisotopic (exact) mass is 558 g/mol. The summed E-state index contributed by atoms with van der Waals surface area (Å²) in [5.74, 6) is 1.11. The van der Waals surface area contributed by atoms with Gasteiger partial charge in [-0.1, -0.05) is 0 Å². The quantitative estimate of drug-likeness (QED) is 0.355. The third kappa shape index (κ3) is 8.06. The highest BCUT2D eigenvalue weighted by molar-refractivity contribution is 5.93. The van der Waals surface area contributed by atoms with Crippen LogP contribution in [0.15, 0.2) is 60.8 Å². The zero-order valence-electron chi connectivity index (χ0n) is 23.9. The van der Waals surface area contributed by atoms with Crippen LogP contribution in [0.2, 0.25) is 0 Å². The Labute approximate surface area is 242 Å². The second-order valence-electron chi connectivity index (χ2n) is 10.6. The first-order valence-corrected chi connectivity index (χ1v) is 14.5. The lowest BCUT2D eigenvalue weighted by molar-refractivity contribution is 0.100. The molecule has 0 saturated carbocycles. The molecule has 11 heteroatoms. The minimum absolute atomic E-state index is 0.402. The summed E-state index contributed by atoms with van der Waals surface area (Å²) in [7, 11) is 2.17. The number of primary amides is 1. The van der Waals surface area contributed by atoms with Gasteiger partial charge in [0.1, 0.15) is 5.82 Å². The van der Waals surface area contributed by atoms with Crippen LogP contribution in [0.4, 0.5) is 28.8 Å². The number of carbonyl (C=O) groups is 1. The van der Waals surface area contributed by atoms with Crippen LogP contribution in [-0.2, 0) is 0 Å². The topological polar surface area (TPSA) is 118 Å². The molecule has 0 bridgehead atoms. The molecule has 0 aliphatic carbocycles. The maximum atomic E-state index is 11.3. The fraction of sp³-hybridized carbons (Fsp3) is 0.433. The predicted octanol–water partition coefficient (Wildman–Crippen LogP) is 1.58. The van der Waals surface area contributed by atoms with Crippen molar-refractivity contribution in [2.24, 2.45) is 5.73 Å². The maximum Gasteiger partial charge on any atom is 0.248 e. The normalized spacial score (nSPS) is 17.9. The van der Waals surface area contributed by atoms with E-state index in [0.29, 0.717) is 11.5 Å². The Balaban J connectivity index is 0.000000500. The van der Waals surface area contributed by atoms with E-state index >= 15 is 0 Å². The fourth-order valence-electron chi connectivity index (χ4n) is 5.17. The minimum Gasteiger partial charge on any atom is -0.369 e. The minimum atomic E-state index is -0.402. The van der Waals surface area contributed by atoms with Gasteiger partial charge in [-0.25, -0.2) is 4.98 Å². The molecule has 3 fully saturated rings. The van der Waals surface area contributed by atoms with Crippen molar-refractivity contribution in [2.45, 2.75) is 0 Å². The van der Waals surface area contributed by atoms with Crippen molar-refractivity contribution in [2.75, 3.05) is 106 Å². The van der Waals surface area contributed by atoms with E-state index in [1.807, 2.05) is 18.2 Å². The molecule has 0 atom stereocenters. The summed E-state index contributed by atoms with van der Waals surface area (Å²) in [6.07, 6.45) is 1.80. The lowest BCUT2D eigenvalue weighted by Gasteiger charge is -2.36. The molecule has 3 saturated heterocycles. The van der Waals surface area contributed by atoms with E-state index in [0.717, 1.165) is 95.7 Å². The summed E-state index contributed by atoms with van der Waals surface area (Å²) in [5.41, 5.74) is 9.20. The van der Waals surface area contributed by atoms with E-state index in [2.05, 4.69) is 71.8 Å². The standard InChI is InChI=1S/C26H32N8O.C4H10N2/c1-31-12-14-32(15-13-31)23-8-4-21(5-9-23)29-26-28-11-10-24(30-26)34-18-16-33(17-19-34)22-6-2-20(3-7-22)25(27)35;1-2-6-4-3-5-1/h2-11H,12-19H2,1H3,(H2,27,35)(H,28,29,30);5-6H,1-4H2. The zero-order valence-corrected chi connectivity index (χ0v) is 23.9. The number of carbonyl (C=O) groups excluding carboxylic acids is 1. The highest BCUT2D eigenvalue weighted by Gasteiger charge is 2.19. The largest absolute Gasteiger partial charge is 0.369 e. The fourth-order valence-corrected chi connectivity index (χ4v) is 5.17. The van der Waals surface area contributed by atoms with Crippen molar-refractivity contribution in [3.63, 3.8) is 0 Å². The Bertz CT molecular complexity index is 1220. The van der Waals surface area contributed by atoms with Gasteiger partial charge in [0.2, 0.25) is 11.9 Å². The Morgan fingerprint density at radius 2 is 1.24 bits per heavy atom. The molecular weight excluding hydrogens is 516 g/mol. The van der Waals surface area contributed by atoms with Crippen molar-refractivity contribution in [3.8, 4) is 0 Å². The lowest BCUT2D eigenvalue weighted by Crippen LogP contribution is -2.46. The molecule has 218 valence electrons. The Morgan fingerprint density at radius 3 is 1.78 bits per heavy atom. The lowest BCUT2D eigenvalue weighted by atomic mass is 10.1. The maximum absolute atomic E-state index is 11.3. The predicted molar refractivity (Wildman–Crippen MR) is 167 cm³/mol. The van der Waals surface area contributed by atoms with Gasteiger partial charge in [-0.3, -0.25) is 4.79 Å². The summed E-state index contributed by atoms with van der Waals surface area (Å²) < 4.78 is 0. The Kier molecular flexibility index (Phi) is 9.84. The van der Waals surface area contributed by atoms with Gasteiger partial charge in [0.25, 0.3) is 0 Å². The Morgan fingerprint density at radius 1 is 0.732 bits per heavy atom. The van der Waals surface area contributed by atoms with Gasteiger partial charge < -0.3 is 41.3 Å². The van der Waals surface area contributed by atoms with Crippen molar-refractivity contribution >= 4 is 34.7 Å². The van der Waals surface area contributed by atoms with Crippen LogP contribution in [0.25, 0.3) is 0 Å². The molecule has 0 unspecified atom stereocenters. The molecule has 41 heavy (non-hydrogen) atoms. The number of rotatable bonds is 6. The van der Waals surface area contributed by atoms with Gasteiger partial charge in [0.05, 0.1) is 0 Å². The van der Waals surface area contributed by atoms with Gasteiger partial charge in [-0.2, -0.15) is 4.98 Å². The summed E-state index contributed by atoms with van der Waals surface area (Å²) in [6.45, 7) is 12.3. The number of anilines is 5. The summed E-state index contributed by atoms with van der Waals surface area (Å²) in [4.78, 5) is 29.9. The first kappa shape index (κ1) is 28.6. The van der Waals surface area contributed by atoms with Gasteiger partial charge in [0, 0.05) is 107 Å². The second kappa shape index (κ2) is 14.1. The number of benzene rings is 2. The third-order valence-electron chi connectivity index (χ3n) is 7.71. The smallest absolute Gasteiger partial charge is 0.248 e. The van der Waals surface area contributed by atoms with E-state index in [4.69, 9.17) is 10.7 Å². The van der Waals surface area contributed by atoms with E-state index in [-0.39, 0.29) is 0 Å². The van der Waals surface area contributed by atoms with Gasteiger partial charge in [-0.15, -0.1) is 0 Å². The highest BCUT2D eigenvalue weighted by atomic mass is 16.1. The number of likely N-dealkylation sites (N-methyl/N-ethyl adjacent to an activating group) is 1. The van der Waals surface area contributed by atoms with Crippen molar-refractivity contribution in [1.29, 1.82) is 0 Å². The van der Waals surface area contributed by atoms with Crippen molar-refractivity contribution < 1.29 is 4.79 Å². The van der Waals surface area contributed by atoms with Crippen molar-refractivity contribution in [1.82, 2.24) is 25.5 Å². The highest BCUT2D eigenvalue weighted by Crippen LogP contribution is 2.23. The molecule has 3 aromatic rings.